The zero-order valence-corrected chi connectivity index (χ0v) is 10.4. The monoisotopic (exact) mass is 238 g/mol. The molecule has 2 heteroatoms. The van der Waals surface area contributed by atoms with Crippen LogP contribution in [0, 0.1) is 6.92 Å². The Morgan fingerprint density at radius 1 is 1.00 bits per heavy atom. The quantitative estimate of drug-likeness (QED) is 0.661. The summed E-state index contributed by atoms with van der Waals surface area (Å²) >= 11 is 0. The molecule has 2 aliphatic rings. The SMILES string of the molecule is COc1cccc(-c2cc3coccc-3c2C)c1. The van der Waals surface area contributed by atoms with Crippen LogP contribution in [0.1, 0.15) is 5.56 Å². The second-order valence-corrected chi connectivity index (χ2v) is 4.34. The van der Waals surface area contributed by atoms with E-state index in [1.54, 1.807) is 19.6 Å². The first-order valence-electron chi connectivity index (χ1n) is 5.89. The van der Waals surface area contributed by atoms with Gasteiger partial charge >= 0.3 is 0 Å². The molecule has 0 bridgehead atoms. The topological polar surface area (TPSA) is 22.4 Å². The molecule has 2 nitrogen and oxygen atoms in total. The Hall–Kier alpha value is -2.22. The summed E-state index contributed by atoms with van der Waals surface area (Å²) in [6, 6.07) is 12.3. The second-order valence-electron chi connectivity index (χ2n) is 4.34. The molecule has 0 saturated heterocycles. The number of hydrogen-bond acceptors (Lipinski definition) is 2. The van der Waals surface area contributed by atoms with E-state index < -0.39 is 0 Å². The highest BCUT2D eigenvalue weighted by Crippen LogP contribution is 2.37. The van der Waals surface area contributed by atoms with E-state index in [0.717, 1.165) is 11.3 Å². The maximum Gasteiger partial charge on any atom is 0.119 e. The van der Waals surface area contributed by atoms with Gasteiger partial charge in [-0.25, -0.2) is 0 Å². The van der Waals surface area contributed by atoms with Crippen LogP contribution in [0.2, 0.25) is 0 Å². The summed E-state index contributed by atoms with van der Waals surface area (Å²) in [5.74, 6) is 0.877. The van der Waals surface area contributed by atoms with Gasteiger partial charge in [0.15, 0.2) is 0 Å². The van der Waals surface area contributed by atoms with Gasteiger partial charge in [0.2, 0.25) is 0 Å². The molecular formula is C16H14O2. The molecule has 0 unspecified atom stereocenters. The van der Waals surface area contributed by atoms with E-state index in [0.29, 0.717) is 0 Å². The molecule has 0 fully saturated rings. The molecule has 0 N–H and O–H groups in total. The first-order valence-corrected chi connectivity index (χ1v) is 5.89. The lowest BCUT2D eigenvalue weighted by Gasteiger charge is -2.04. The Morgan fingerprint density at radius 3 is 2.67 bits per heavy atom. The minimum absolute atomic E-state index is 0.877. The van der Waals surface area contributed by atoms with Crippen LogP contribution in [0.15, 0.2) is 53.3 Å². The van der Waals surface area contributed by atoms with Crippen LogP contribution in [0.5, 0.6) is 5.75 Å². The Kier molecular flexibility index (Phi) is 2.56. The van der Waals surface area contributed by atoms with Crippen LogP contribution in [0.25, 0.3) is 22.3 Å². The largest absolute Gasteiger partial charge is 0.497 e. The van der Waals surface area contributed by atoms with E-state index in [1.165, 1.54) is 22.3 Å². The number of methoxy groups -OCH3 is 1. The lowest BCUT2D eigenvalue weighted by atomic mass is 10.0. The van der Waals surface area contributed by atoms with E-state index >= 15 is 0 Å². The van der Waals surface area contributed by atoms with Gasteiger partial charge in [-0.1, -0.05) is 12.1 Å². The predicted octanol–water partition coefficient (Wildman–Crippen LogP) is 4.37. The fraction of sp³-hybridized carbons (Fsp3) is 0.125. The average Bonchev–Trinajstić information content (AvgIpc) is 2.77. The normalized spacial score (nSPS) is 10.8. The Bertz CT molecular complexity index is 652. The van der Waals surface area contributed by atoms with Gasteiger partial charge < -0.3 is 9.15 Å². The molecular weight excluding hydrogens is 224 g/mol. The molecule has 1 aromatic rings. The van der Waals surface area contributed by atoms with Gasteiger partial charge in [-0.15, -0.1) is 0 Å². The van der Waals surface area contributed by atoms with E-state index in [4.69, 9.17) is 9.15 Å². The summed E-state index contributed by atoms with van der Waals surface area (Å²) < 4.78 is 10.5. The number of fused-ring (bicyclic) bond motifs is 1. The van der Waals surface area contributed by atoms with Gasteiger partial charge in [0.1, 0.15) is 5.75 Å². The zero-order chi connectivity index (χ0) is 12.5. The highest BCUT2D eigenvalue weighted by atomic mass is 16.5. The molecule has 1 aliphatic carbocycles. The number of rotatable bonds is 2. The van der Waals surface area contributed by atoms with Crippen molar-refractivity contribution in [2.75, 3.05) is 7.11 Å². The average molecular weight is 238 g/mol. The first kappa shape index (κ1) is 10.9. The Morgan fingerprint density at radius 2 is 1.89 bits per heavy atom. The smallest absolute Gasteiger partial charge is 0.119 e. The fourth-order valence-corrected chi connectivity index (χ4v) is 2.33. The van der Waals surface area contributed by atoms with Gasteiger partial charge in [0.05, 0.1) is 19.6 Å². The summed E-state index contributed by atoms with van der Waals surface area (Å²) in [4.78, 5) is 0. The number of hydrogen-bond donors (Lipinski definition) is 0. The van der Waals surface area contributed by atoms with Gasteiger partial charge in [-0.3, -0.25) is 0 Å². The van der Waals surface area contributed by atoms with Crippen LogP contribution < -0.4 is 4.74 Å². The van der Waals surface area contributed by atoms with Crippen molar-refractivity contribution in [2.24, 2.45) is 0 Å². The first-order chi connectivity index (χ1) is 8.79. The van der Waals surface area contributed by atoms with E-state index in [9.17, 15) is 0 Å². The van der Waals surface area contributed by atoms with Crippen molar-refractivity contribution in [3.05, 3.63) is 54.5 Å². The molecule has 0 atom stereocenters. The molecule has 1 aliphatic heterocycles. The van der Waals surface area contributed by atoms with Crippen LogP contribution >= 0.6 is 0 Å². The van der Waals surface area contributed by atoms with Gasteiger partial charge in [0.25, 0.3) is 0 Å². The second kappa shape index (κ2) is 4.22. The highest BCUT2D eigenvalue weighted by molar-refractivity contribution is 5.84. The molecule has 0 radical (unpaired) electrons. The van der Waals surface area contributed by atoms with Gasteiger partial charge in [0, 0.05) is 5.56 Å². The number of ether oxygens (including phenoxy) is 1. The van der Waals surface area contributed by atoms with Crippen molar-refractivity contribution in [3.8, 4) is 28.0 Å². The summed E-state index contributed by atoms with van der Waals surface area (Å²) in [7, 11) is 1.69. The van der Waals surface area contributed by atoms with Crippen molar-refractivity contribution in [3.63, 3.8) is 0 Å². The van der Waals surface area contributed by atoms with Crippen molar-refractivity contribution in [2.45, 2.75) is 6.92 Å². The minimum Gasteiger partial charge on any atom is -0.497 e. The summed E-state index contributed by atoms with van der Waals surface area (Å²) in [5.41, 5.74) is 6.04. The van der Waals surface area contributed by atoms with Crippen LogP contribution in [-0.4, -0.2) is 7.11 Å². The molecule has 3 rings (SSSR count). The molecule has 18 heavy (non-hydrogen) atoms. The lowest BCUT2D eigenvalue weighted by molar-refractivity contribution is 0.415. The van der Waals surface area contributed by atoms with Crippen molar-refractivity contribution in [1.29, 1.82) is 0 Å². The lowest BCUT2D eigenvalue weighted by Crippen LogP contribution is -1.83. The molecule has 0 saturated carbocycles. The van der Waals surface area contributed by atoms with Crippen molar-refractivity contribution < 1.29 is 9.15 Å². The molecule has 0 amide bonds. The molecule has 1 heterocycles. The highest BCUT2D eigenvalue weighted by Gasteiger charge is 2.14. The Balaban J connectivity index is 2.19. The predicted molar refractivity (Wildman–Crippen MR) is 72.1 cm³/mol. The molecule has 0 spiro atoms. The van der Waals surface area contributed by atoms with Crippen LogP contribution in [-0.2, 0) is 0 Å². The van der Waals surface area contributed by atoms with Crippen LogP contribution in [0.3, 0.4) is 0 Å². The molecule has 1 aromatic carbocycles. The Labute approximate surface area is 106 Å². The van der Waals surface area contributed by atoms with Crippen molar-refractivity contribution >= 4 is 0 Å². The number of benzene rings is 1. The third-order valence-corrected chi connectivity index (χ3v) is 3.31. The van der Waals surface area contributed by atoms with Gasteiger partial charge in [-0.05, 0) is 53.4 Å². The summed E-state index contributed by atoms with van der Waals surface area (Å²) in [6.45, 7) is 2.14. The third-order valence-electron chi connectivity index (χ3n) is 3.31. The maximum atomic E-state index is 5.27. The zero-order valence-electron chi connectivity index (χ0n) is 10.4. The maximum absolute atomic E-state index is 5.27. The van der Waals surface area contributed by atoms with Crippen LogP contribution in [0.4, 0.5) is 0 Å². The standard InChI is InChI=1S/C16H14O2/c1-11-15-6-7-18-10-13(15)9-16(11)12-4-3-5-14(8-12)17-2/h3-10H,1-2H3. The van der Waals surface area contributed by atoms with Gasteiger partial charge in [-0.2, -0.15) is 0 Å². The van der Waals surface area contributed by atoms with E-state index in [-0.39, 0.29) is 0 Å². The molecule has 90 valence electrons. The van der Waals surface area contributed by atoms with E-state index in [1.807, 2.05) is 18.2 Å². The third kappa shape index (κ3) is 1.66. The fourth-order valence-electron chi connectivity index (χ4n) is 2.33. The minimum atomic E-state index is 0.877. The van der Waals surface area contributed by atoms with E-state index in [2.05, 4.69) is 25.1 Å². The van der Waals surface area contributed by atoms with Crippen molar-refractivity contribution in [1.82, 2.24) is 0 Å². The molecule has 0 aromatic heterocycles. The summed E-state index contributed by atoms with van der Waals surface area (Å²) in [5, 5.41) is 0. The summed E-state index contributed by atoms with van der Waals surface area (Å²) in [6.07, 6.45) is 3.50.